The summed E-state index contributed by atoms with van der Waals surface area (Å²) in [5, 5.41) is 0. The lowest BCUT2D eigenvalue weighted by Crippen LogP contribution is -2.29. The second-order valence-corrected chi connectivity index (χ2v) is 5.10. The molecule has 0 bridgehead atoms. The highest BCUT2D eigenvalue weighted by Gasteiger charge is 2.33. The maximum atomic E-state index is 12.8. The van der Waals surface area contributed by atoms with Gasteiger partial charge in [-0.1, -0.05) is 25.0 Å². The number of rotatable bonds is 4. The number of halogens is 3. The smallest absolute Gasteiger partial charge is 0.419 e. The molecule has 1 aliphatic heterocycles. The minimum atomic E-state index is -4.36. The SMILES string of the molecule is FC(F)(F)c1ccccc1OCCN1CCCCCC1. The van der Waals surface area contributed by atoms with Crippen molar-refractivity contribution in [3.63, 3.8) is 0 Å². The summed E-state index contributed by atoms with van der Waals surface area (Å²) in [4.78, 5) is 2.27. The zero-order valence-corrected chi connectivity index (χ0v) is 11.5. The van der Waals surface area contributed by atoms with Gasteiger partial charge in [-0.25, -0.2) is 0 Å². The largest absolute Gasteiger partial charge is 0.492 e. The third-order valence-electron chi connectivity index (χ3n) is 3.56. The molecule has 0 radical (unpaired) electrons. The normalized spacial score (nSPS) is 17.8. The Kier molecular flexibility index (Phi) is 5.29. The molecule has 20 heavy (non-hydrogen) atoms. The molecule has 1 fully saturated rings. The van der Waals surface area contributed by atoms with Gasteiger partial charge in [-0.05, 0) is 38.1 Å². The van der Waals surface area contributed by atoms with E-state index in [1.807, 2.05) is 0 Å². The highest BCUT2D eigenvalue weighted by atomic mass is 19.4. The molecule has 1 aromatic carbocycles. The molecule has 0 amide bonds. The van der Waals surface area contributed by atoms with Gasteiger partial charge in [0, 0.05) is 6.54 Å². The first kappa shape index (κ1) is 15.2. The Balaban J connectivity index is 1.87. The highest BCUT2D eigenvalue weighted by Crippen LogP contribution is 2.35. The van der Waals surface area contributed by atoms with Crippen LogP contribution in [0.2, 0.25) is 0 Å². The molecule has 0 atom stereocenters. The zero-order chi connectivity index (χ0) is 14.4. The fourth-order valence-electron chi connectivity index (χ4n) is 2.47. The lowest BCUT2D eigenvalue weighted by molar-refractivity contribution is -0.139. The van der Waals surface area contributed by atoms with Crippen LogP contribution in [0.3, 0.4) is 0 Å². The van der Waals surface area contributed by atoms with Crippen molar-refractivity contribution >= 4 is 0 Å². The van der Waals surface area contributed by atoms with Crippen LogP contribution in [0.4, 0.5) is 13.2 Å². The van der Waals surface area contributed by atoms with E-state index >= 15 is 0 Å². The van der Waals surface area contributed by atoms with Crippen LogP contribution in [0, 0.1) is 0 Å². The van der Waals surface area contributed by atoms with Crippen LogP contribution in [0.1, 0.15) is 31.2 Å². The number of alkyl halides is 3. The van der Waals surface area contributed by atoms with E-state index in [-0.39, 0.29) is 5.75 Å². The molecule has 0 spiro atoms. The topological polar surface area (TPSA) is 12.5 Å². The van der Waals surface area contributed by atoms with Crippen molar-refractivity contribution < 1.29 is 17.9 Å². The van der Waals surface area contributed by atoms with E-state index in [2.05, 4.69) is 4.90 Å². The summed E-state index contributed by atoms with van der Waals surface area (Å²) in [5.41, 5.74) is -0.698. The fraction of sp³-hybridized carbons (Fsp3) is 0.600. The lowest BCUT2D eigenvalue weighted by Gasteiger charge is -2.20. The molecule has 0 aliphatic carbocycles. The molecule has 1 saturated heterocycles. The van der Waals surface area contributed by atoms with Crippen molar-refractivity contribution in [1.82, 2.24) is 4.90 Å². The van der Waals surface area contributed by atoms with Gasteiger partial charge in [0.2, 0.25) is 0 Å². The highest BCUT2D eigenvalue weighted by molar-refractivity contribution is 5.35. The minimum absolute atomic E-state index is 0.0742. The Labute approximate surface area is 117 Å². The van der Waals surface area contributed by atoms with E-state index < -0.39 is 11.7 Å². The number of benzene rings is 1. The van der Waals surface area contributed by atoms with Crippen molar-refractivity contribution in [3.8, 4) is 5.75 Å². The van der Waals surface area contributed by atoms with Crippen molar-refractivity contribution in [2.24, 2.45) is 0 Å². The van der Waals surface area contributed by atoms with Crippen molar-refractivity contribution in [3.05, 3.63) is 29.8 Å². The molecule has 0 saturated carbocycles. The standard InChI is InChI=1S/C15H20F3NO/c16-15(17,18)13-7-3-4-8-14(13)20-12-11-19-9-5-1-2-6-10-19/h3-4,7-8H,1-2,5-6,9-12H2. The van der Waals surface area contributed by atoms with Crippen LogP contribution < -0.4 is 4.74 Å². The fourth-order valence-corrected chi connectivity index (χ4v) is 2.47. The molecule has 1 aromatic rings. The van der Waals surface area contributed by atoms with Crippen LogP contribution in [0.5, 0.6) is 5.75 Å². The average Bonchev–Trinajstić information content (AvgIpc) is 2.67. The summed E-state index contributed by atoms with van der Waals surface area (Å²) in [6, 6.07) is 5.38. The predicted molar refractivity (Wildman–Crippen MR) is 71.8 cm³/mol. The summed E-state index contributed by atoms with van der Waals surface area (Å²) < 4.78 is 43.7. The molecular weight excluding hydrogens is 267 g/mol. The van der Waals surface area contributed by atoms with Gasteiger partial charge in [0.25, 0.3) is 0 Å². The molecule has 5 heteroatoms. The Morgan fingerprint density at radius 1 is 1.00 bits per heavy atom. The molecule has 0 aromatic heterocycles. The number of hydrogen-bond acceptors (Lipinski definition) is 2. The quantitative estimate of drug-likeness (QED) is 0.831. The van der Waals surface area contributed by atoms with Crippen molar-refractivity contribution in [2.75, 3.05) is 26.2 Å². The van der Waals surface area contributed by atoms with E-state index in [0.29, 0.717) is 13.2 Å². The molecule has 112 valence electrons. The third kappa shape index (κ3) is 4.40. The summed E-state index contributed by atoms with van der Waals surface area (Å²) in [7, 11) is 0. The van der Waals surface area contributed by atoms with Gasteiger partial charge < -0.3 is 4.74 Å². The second kappa shape index (κ2) is 6.97. The summed E-state index contributed by atoms with van der Waals surface area (Å²) in [6.45, 7) is 3.02. The molecule has 2 nitrogen and oxygen atoms in total. The van der Waals surface area contributed by atoms with E-state index in [4.69, 9.17) is 4.74 Å². The summed E-state index contributed by atoms with van der Waals surface area (Å²) in [6.07, 6.45) is 0.458. The van der Waals surface area contributed by atoms with E-state index in [1.165, 1.54) is 37.8 Å². The minimum Gasteiger partial charge on any atom is -0.492 e. The van der Waals surface area contributed by atoms with Crippen LogP contribution in [0.25, 0.3) is 0 Å². The molecule has 1 aliphatic rings. The van der Waals surface area contributed by atoms with Gasteiger partial charge in [0.1, 0.15) is 12.4 Å². The van der Waals surface area contributed by atoms with Crippen LogP contribution in [0.15, 0.2) is 24.3 Å². The van der Waals surface area contributed by atoms with Crippen molar-refractivity contribution in [1.29, 1.82) is 0 Å². The first-order chi connectivity index (χ1) is 9.57. The molecule has 0 unspecified atom stereocenters. The van der Waals surface area contributed by atoms with E-state index in [1.54, 1.807) is 6.07 Å². The van der Waals surface area contributed by atoms with Gasteiger partial charge in [0.15, 0.2) is 0 Å². The van der Waals surface area contributed by atoms with E-state index in [9.17, 15) is 13.2 Å². The van der Waals surface area contributed by atoms with Gasteiger partial charge in [-0.2, -0.15) is 13.2 Å². The maximum absolute atomic E-state index is 12.8. The van der Waals surface area contributed by atoms with Crippen LogP contribution in [-0.2, 0) is 6.18 Å². The Bertz CT molecular complexity index is 412. The van der Waals surface area contributed by atoms with E-state index in [0.717, 1.165) is 19.2 Å². The third-order valence-corrected chi connectivity index (χ3v) is 3.56. The molecular formula is C15H20F3NO. The molecule has 0 N–H and O–H groups in total. The van der Waals surface area contributed by atoms with Gasteiger partial charge >= 0.3 is 6.18 Å². The van der Waals surface area contributed by atoms with Crippen molar-refractivity contribution in [2.45, 2.75) is 31.9 Å². The Hall–Kier alpha value is -1.23. The monoisotopic (exact) mass is 287 g/mol. The summed E-state index contributed by atoms with van der Waals surface area (Å²) >= 11 is 0. The Morgan fingerprint density at radius 3 is 2.30 bits per heavy atom. The first-order valence-corrected chi connectivity index (χ1v) is 7.09. The molecule has 2 rings (SSSR count). The zero-order valence-electron chi connectivity index (χ0n) is 11.5. The van der Waals surface area contributed by atoms with Gasteiger partial charge in [-0.15, -0.1) is 0 Å². The maximum Gasteiger partial charge on any atom is 0.419 e. The second-order valence-electron chi connectivity index (χ2n) is 5.10. The number of nitrogens with zero attached hydrogens (tertiary/aromatic N) is 1. The number of para-hydroxylation sites is 1. The molecule has 1 heterocycles. The number of likely N-dealkylation sites (tertiary alicyclic amines) is 1. The summed E-state index contributed by atoms with van der Waals surface area (Å²) in [5.74, 6) is -0.0742. The number of hydrogen-bond donors (Lipinski definition) is 0. The number of ether oxygens (including phenoxy) is 1. The predicted octanol–water partition coefficient (Wildman–Crippen LogP) is 3.96. The lowest BCUT2D eigenvalue weighted by atomic mass is 10.2. The average molecular weight is 287 g/mol. The van der Waals surface area contributed by atoms with Gasteiger partial charge in [0.05, 0.1) is 5.56 Å². The van der Waals surface area contributed by atoms with Gasteiger partial charge in [-0.3, -0.25) is 4.90 Å². The first-order valence-electron chi connectivity index (χ1n) is 7.09. The Morgan fingerprint density at radius 2 is 1.65 bits per heavy atom. The van der Waals surface area contributed by atoms with Crippen LogP contribution in [-0.4, -0.2) is 31.1 Å². The van der Waals surface area contributed by atoms with Crippen LogP contribution >= 0.6 is 0 Å².